The normalized spacial score (nSPS) is 10.1. The van der Waals surface area contributed by atoms with E-state index in [2.05, 4.69) is 21.4 Å². The Labute approximate surface area is 125 Å². The Balaban J connectivity index is -0.000000307. The van der Waals surface area contributed by atoms with Gasteiger partial charge in [-0.2, -0.15) is 8.42 Å². The predicted octanol–water partition coefficient (Wildman–Crippen LogP) is 1.45. The molecule has 9 heteroatoms. The quantitative estimate of drug-likeness (QED) is 0.715. The molecule has 0 spiro atoms. The fraction of sp³-hybridized carbons (Fsp3) is 0.417. The lowest BCUT2D eigenvalue weighted by Gasteiger charge is -2.00. The van der Waals surface area contributed by atoms with Gasteiger partial charge in [-0.05, 0) is 18.5 Å². The number of carbonyl (C=O) groups excluding carboxylic acids is 1. The molecule has 0 heterocycles. The van der Waals surface area contributed by atoms with E-state index in [-0.39, 0.29) is 6.54 Å². The summed E-state index contributed by atoms with van der Waals surface area (Å²) in [6, 6.07) is 0. The SMILES string of the molecule is C=C/C=C\C=C/C.CN.COC(=O)NCCS(=O)(=O)OF. The maximum absolute atomic E-state index is 11.1. The first-order valence-corrected chi connectivity index (χ1v) is 7.34. The van der Waals surface area contributed by atoms with Gasteiger partial charge in [0.1, 0.15) is 0 Å². The van der Waals surface area contributed by atoms with Crippen LogP contribution in [0.1, 0.15) is 6.92 Å². The van der Waals surface area contributed by atoms with Crippen LogP contribution < -0.4 is 11.1 Å². The van der Waals surface area contributed by atoms with Gasteiger partial charge in [0.2, 0.25) is 0 Å². The first kappa shape index (κ1) is 24.3. The molecule has 0 aromatic heterocycles. The van der Waals surface area contributed by atoms with Crippen LogP contribution in [0.3, 0.4) is 0 Å². The number of amides is 1. The highest BCUT2D eigenvalue weighted by Gasteiger charge is 2.11. The average Bonchev–Trinajstić information content (AvgIpc) is 2.50. The molecule has 0 saturated heterocycles. The van der Waals surface area contributed by atoms with Crippen molar-refractivity contribution in [2.24, 2.45) is 5.73 Å². The lowest BCUT2D eigenvalue weighted by molar-refractivity contribution is 0.00302. The van der Waals surface area contributed by atoms with Gasteiger partial charge in [0.05, 0.1) is 12.9 Å². The number of hydrogen-bond donors (Lipinski definition) is 2. The van der Waals surface area contributed by atoms with Crippen molar-refractivity contribution in [2.75, 3.05) is 26.5 Å². The van der Waals surface area contributed by atoms with Gasteiger partial charge >= 0.3 is 6.09 Å². The van der Waals surface area contributed by atoms with Crippen molar-refractivity contribution in [3.05, 3.63) is 37.0 Å². The average molecular weight is 326 g/mol. The molecule has 3 N–H and O–H groups in total. The molecule has 0 atom stereocenters. The summed E-state index contributed by atoms with van der Waals surface area (Å²) in [5, 5.41) is 2.04. The summed E-state index contributed by atoms with van der Waals surface area (Å²) in [4.78, 5) is 10.3. The summed E-state index contributed by atoms with van der Waals surface area (Å²) in [6.07, 6.45) is 8.72. The van der Waals surface area contributed by atoms with Gasteiger partial charge in [-0.15, -0.1) is 0 Å². The van der Waals surface area contributed by atoms with Crippen LogP contribution in [-0.2, 0) is 19.2 Å². The van der Waals surface area contributed by atoms with Crippen molar-refractivity contribution >= 4 is 16.2 Å². The molecular weight excluding hydrogens is 303 g/mol. The number of allylic oxidation sites excluding steroid dienone is 5. The molecule has 0 unspecified atom stereocenters. The Kier molecular flexibility index (Phi) is 21.2. The van der Waals surface area contributed by atoms with E-state index in [0.717, 1.165) is 7.11 Å². The van der Waals surface area contributed by atoms with Gasteiger partial charge in [-0.3, -0.25) is 0 Å². The highest BCUT2D eigenvalue weighted by atomic mass is 32.2. The number of methoxy groups -OCH3 is 1. The number of ether oxygens (including phenoxy) is 1. The highest BCUT2D eigenvalue weighted by Crippen LogP contribution is 1.91. The predicted molar refractivity (Wildman–Crippen MR) is 80.6 cm³/mol. The number of nitrogens with one attached hydrogen (secondary N) is 1. The minimum Gasteiger partial charge on any atom is -0.453 e. The second-order valence-corrected chi connectivity index (χ2v) is 4.54. The minimum absolute atomic E-state index is 0.265. The van der Waals surface area contributed by atoms with Gasteiger partial charge in [0, 0.05) is 6.54 Å². The molecule has 0 bridgehead atoms. The number of nitrogens with two attached hydrogens (primary N) is 1. The molecule has 21 heavy (non-hydrogen) atoms. The lowest BCUT2D eigenvalue weighted by Crippen LogP contribution is -2.28. The lowest BCUT2D eigenvalue weighted by atomic mass is 10.4. The molecule has 0 aliphatic rings. The molecule has 0 aromatic carbocycles. The van der Waals surface area contributed by atoms with Crippen LogP contribution in [0.25, 0.3) is 0 Å². The minimum atomic E-state index is -4.16. The molecule has 7 nitrogen and oxygen atoms in total. The zero-order valence-electron chi connectivity index (χ0n) is 12.4. The second kappa shape index (κ2) is 18.3. The van der Waals surface area contributed by atoms with E-state index in [1.54, 1.807) is 6.08 Å². The van der Waals surface area contributed by atoms with E-state index >= 15 is 0 Å². The van der Waals surface area contributed by atoms with Crippen LogP contribution in [0.4, 0.5) is 9.32 Å². The summed E-state index contributed by atoms with van der Waals surface area (Å²) < 4.78 is 38.5. The van der Waals surface area contributed by atoms with Crippen LogP contribution in [-0.4, -0.2) is 41.0 Å². The number of carbonyl (C=O) groups is 1. The van der Waals surface area contributed by atoms with Gasteiger partial charge < -0.3 is 15.8 Å². The third-order valence-electron chi connectivity index (χ3n) is 1.45. The number of hydrogen-bond acceptors (Lipinski definition) is 6. The zero-order chi connectivity index (χ0) is 17.1. The number of rotatable bonds is 6. The van der Waals surface area contributed by atoms with E-state index in [1.807, 2.05) is 36.5 Å². The Morgan fingerprint density at radius 1 is 1.33 bits per heavy atom. The fourth-order valence-corrected chi connectivity index (χ4v) is 1.05. The van der Waals surface area contributed by atoms with Crippen molar-refractivity contribution in [1.29, 1.82) is 0 Å². The van der Waals surface area contributed by atoms with E-state index in [0.29, 0.717) is 0 Å². The van der Waals surface area contributed by atoms with Gasteiger partial charge in [0.15, 0.2) is 0 Å². The van der Waals surface area contributed by atoms with Crippen LogP contribution >= 0.6 is 0 Å². The summed E-state index contributed by atoms with van der Waals surface area (Å²) in [7, 11) is -1.54. The highest BCUT2D eigenvalue weighted by molar-refractivity contribution is 7.86. The molecule has 0 fully saturated rings. The second-order valence-electron chi connectivity index (χ2n) is 2.89. The van der Waals surface area contributed by atoms with Crippen LogP contribution in [0.2, 0.25) is 0 Å². The van der Waals surface area contributed by atoms with Crippen LogP contribution in [0.15, 0.2) is 37.0 Å². The molecule has 1 amide bonds. The third kappa shape index (κ3) is 23.8. The molecular formula is C12H23FN2O5S. The first-order chi connectivity index (χ1) is 9.93. The number of halogens is 1. The molecule has 0 aliphatic carbocycles. The molecule has 0 rings (SSSR count). The Hall–Kier alpha value is -1.71. The van der Waals surface area contributed by atoms with E-state index < -0.39 is 22.0 Å². The van der Waals surface area contributed by atoms with Crippen molar-refractivity contribution in [3.8, 4) is 0 Å². The fourth-order valence-electron chi connectivity index (χ4n) is 0.636. The van der Waals surface area contributed by atoms with Crippen molar-refractivity contribution in [1.82, 2.24) is 5.32 Å². The van der Waals surface area contributed by atoms with Crippen LogP contribution in [0.5, 0.6) is 0 Å². The molecule has 0 aliphatic heterocycles. The largest absolute Gasteiger partial charge is 0.453 e. The summed E-state index contributed by atoms with van der Waals surface area (Å²) in [6.45, 7) is 5.23. The zero-order valence-corrected chi connectivity index (χ0v) is 13.2. The van der Waals surface area contributed by atoms with E-state index in [9.17, 15) is 17.7 Å². The number of alkyl carbamates (subject to hydrolysis) is 1. The molecule has 0 radical (unpaired) electrons. The van der Waals surface area contributed by atoms with Gasteiger partial charge in [-0.1, -0.05) is 41.3 Å². The Bertz CT molecular complexity index is 408. The molecule has 0 aromatic rings. The maximum Gasteiger partial charge on any atom is 0.406 e. The van der Waals surface area contributed by atoms with Crippen molar-refractivity contribution < 1.29 is 26.9 Å². The topological polar surface area (TPSA) is 108 Å². The summed E-state index contributed by atoms with van der Waals surface area (Å²) >= 11 is 0. The monoisotopic (exact) mass is 326 g/mol. The Morgan fingerprint density at radius 2 is 1.90 bits per heavy atom. The Morgan fingerprint density at radius 3 is 2.29 bits per heavy atom. The summed E-state index contributed by atoms with van der Waals surface area (Å²) in [5.74, 6) is -0.640. The third-order valence-corrected chi connectivity index (χ3v) is 2.35. The van der Waals surface area contributed by atoms with E-state index in [4.69, 9.17) is 0 Å². The standard InChI is InChI=1S/C7H10.C4H8FNO5S.CH5N/c1-3-5-7-6-4-2;1-10-4(7)6-2-3-12(8,9)11-5;1-2/h3-7H,1H2,2H3;2-3H2,1H3,(H,6,7);2H2,1H3/b6-4-,7-5-;;. The smallest absolute Gasteiger partial charge is 0.406 e. The van der Waals surface area contributed by atoms with Gasteiger partial charge in [0.25, 0.3) is 10.1 Å². The maximum atomic E-state index is 11.1. The molecule has 124 valence electrons. The van der Waals surface area contributed by atoms with Gasteiger partial charge in [-0.25, -0.2) is 4.79 Å². The molecule has 0 saturated carbocycles. The van der Waals surface area contributed by atoms with Crippen LogP contribution in [0, 0.1) is 0 Å². The first-order valence-electron chi connectivity index (χ1n) is 5.76. The summed E-state index contributed by atoms with van der Waals surface area (Å²) in [5.41, 5.74) is 4.50. The van der Waals surface area contributed by atoms with E-state index in [1.165, 1.54) is 7.05 Å². The van der Waals surface area contributed by atoms with Crippen molar-refractivity contribution in [3.63, 3.8) is 0 Å². The van der Waals surface area contributed by atoms with Crippen molar-refractivity contribution in [2.45, 2.75) is 6.92 Å².